The van der Waals surface area contributed by atoms with Crippen LogP contribution in [-0.2, 0) is 19.3 Å². The van der Waals surface area contributed by atoms with E-state index in [-0.39, 0.29) is 36.3 Å². The number of aryl methyl sites for hydroxylation is 1. The molecule has 0 fully saturated rings. The standard InChI is InChI=1S/C29H44N2O4.2ClH/c1-4-16-31(25-11-10-23-20-26(32)27(33)21-24(23)19-25)17-8-6-5-7-14-30-15-13-22-9-12-28(34-2)29(18-22)35-3;;/h9,12,18,20-21,25,30,32-33H,4-8,10-11,13-17,19H2,1-3H3;2*1H/t25-;;/m1../s1. The van der Waals surface area contributed by atoms with Gasteiger partial charge in [0.2, 0.25) is 0 Å². The number of phenolic OH excluding ortho intramolecular Hbond substituents is 2. The first-order valence-electron chi connectivity index (χ1n) is 13.2. The molecule has 0 radical (unpaired) electrons. The molecule has 2 aromatic carbocycles. The lowest BCUT2D eigenvalue weighted by molar-refractivity contribution is 0.176. The van der Waals surface area contributed by atoms with Gasteiger partial charge in [-0.25, -0.2) is 0 Å². The summed E-state index contributed by atoms with van der Waals surface area (Å²) >= 11 is 0. The van der Waals surface area contributed by atoms with Crippen molar-refractivity contribution in [3.05, 3.63) is 47.0 Å². The molecule has 0 saturated carbocycles. The van der Waals surface area contributed by atoms with Crippen molar-refractivity contribution in [2.24, 2.45) is 0 Å². The van der Waals surface area contributed by atoms with Gasteiger partial charge >= 0.3 is 0 Å². The van der Waals surface area contributed by atoms with Gasteiger partial charge in [-0.2, -0.15) is 0 Å². The topological polar surface area (TPSA) is 74.2 Å². The molecule has 1 atom stereocenters. The molecule has 210 valence electrons. The highest BCUT2D eigenvalue weighted by Crippen LogP contribution is 2.34. The third kappa shape index (κ3) is 10.1. The average Bonchev–Trinajstić information content (AvgIpc) is 2.87. The Bertz CT molecular complexity index is 929. The van der Waals surface area contributed by atoms with Gasteiger partial charge < -0.3 is 29.9 Å². The third-order valence-corrected chi connectivity index (χ3v) is 7.11. The van der Waals surface area contributed by atoms with Gasteiger partial charge in [0.15, 0.2) is 23.0 Å². The predicted octanol–water partition coefficient (Wildman–Crippen LogP) is 5.92. The van der Waals surface area contributed by atoms with E-state index in [0.717, 1.165) is 69.8 Å². The SMILES string of the molecule is CCCN(CCCCCCNCCc1ccc(OC)c(OC)c1)[C@@H]1CCc2cc(O)c(O)cc2C1.Cl.Cl. The van der Waals surface area contributed by atoms with Crippen LogP contribution in [0.3, 0.4) is 0 Å². The summed E-state index contributed by atoms with van der Waals surface area (Å²) in [5.41, 5.74) is 3.63. The molecule has 2 aromatic rings. The second kappa shape index (κ2) is 17.6. The molecule has 1 aliphatic rings. The molecule has 0 aromatic heterocycles. The van der Waals surface area contributed by atoms with Crippen molar-refractivity contribution in [3.8, 4) is 23.0 Å². The molecule has 0 saturated heterocycles. The number of fused-ring (bicyclic) bond motifs is 1. The molecule has 0 bridgehead atoms. The quantitative estimate of drug-likeness (QED) is 0.187. The van der Waals surface area contributed by atoms with E-state index in [9.17, 15) is 10.2 Å². The van der Waals surface area contributed by atoms with Gasteiger partial charge in [0.1, 0.15) is 0 Å². The van der Waals surface area contributed by atoms with E-state index < -0.39 is 0 Å². The van der Waals surface area contributed by atoms with E-state index in [4.69, 9.17) is 9.47 Å². The Morgan fingerprint density at radius 3 is 2.27 bits per heavy atom. The number of methoxy groups -OCH3 is 2. The number of hydrogen-bond acceptors (Lipinski definition) is 6. The van der Waals surface area contributed by atoms with Crippen molar-refractivity contribution in [1.82, 2.24) is 10.2 Å². The highest BCUT2D eigenvalue weighted by Gasteiger charge is 2.24. The summed E-state index contributed by atoms with van der Waals surface area (Å²) in [6, 6.07) is 10.2. The number of aromatic hydroxyl groups is 2. The Morgan fingerprint density at radius 1 is 0.865 bits per heavy atom. The summed E-state index contributed by atoms with van der Waals surface area (Å²) in [7, 11) is 3.34. The lowest BCUT2D eigenvalue weighted by Crippen LogP contribution is -2.40. The molecule has 0 aliphatic heterocycles. The fourth-order valence-electron chi connectivity index (χ4n) is 5.15. The number of phenols is 2. The van der Waals surface area contributed by atoms with Crippen molar-refractivity contribution in [2.45, 2.75) is 70.8 Å². The number of halogens is 2. The van der Waals surface area contributed by atoms with E-state index in [0.29, 0.717) is 6.04 Å². The zero-order valence-electron chi connectivity index (χ0n) is 22.6. The van der Waals surface area contributed by atoms with Crippen molar-refractivity contribution < 1.29 is 19.7 Å². The third-order valence-electron chi connectivity index (χ3n) is 7.11. The van der Waals surface area contributed by atoms with Gasteiger partial charge in [-0.1, -0.05) is 25.8 Å². The first-order valence-corrected chi connectivity index (χ1v) is 13.2. The minimum atomic E-state index is 0. The van der Waals surface area contributed by atoms with Gasteiger partial charge in [-0.15, -0.1) is 24.8 Å². The number of rotatable bonds is 15. The highest BCUT2D eigenvalue weighted by atomic mass is 35.5. The largest absolute Gasteiger partial charge is 0.504 e. The zero-order valence-corrected chi connectivity index (χ0v) is 24.3. The fraction of sp³-hybridized carbons (Fsp3) is 0.586. The van der Waals surface area contributed by atoms with Crippen LogP contribution >= 0.6 is 24.8 Å². The van der Waals surface area contributed by atoms with Crippen LogP contribution in [0.15, 0.2) is 30.3 Å². The number of hydrogen-bond donors (Lipinski definition) is 3. The smallest absolute Gasteiger partial charge is 0.160 e. The first-order chi connectivity index (χ1) is 17.0. The summed E-state index contributed by atoms with van der Waals surface area (Å²) in [6.45, 7) is 6.55. The van der Waals surface area contributed by atoms with Crippen LogP contribution in [0, 0.1) is 0 Å². The second-order valence-corrected chi connectivity index (χ2v) is 9.65. The summed E-state index contributed by atoms with van der Waals surface area (Å²) in [5, 5.41) is 23.3. The van der Waals surface area contributed by atoms with Crippen molar-refractivity contribution in [2.75, 3.05) is 40.4 Å². The van der Waals surface area contributed by atoms with Crippen LogP contribution in [0.4, 0.5) is 0 Å². The molecule has 0 unspecified atom stereocenters. The fourth-order valence-corrected chi connectivity index (χ4v) is 5.15. The van der Waals surface area contributed by atoms with Crippen LogP contribution < -0.4 is 14.8 Å². The maximum atomic E-state index is 9.90. The van der Waals surface area contributed by atoms with Gasteiger partial charge in [0, 0.05) is 6.04 Å². The van der Waals surface area contributed by atoms with E-state index >= 15 is 0 Å². The summed E-state index contributed by atoms with van der Waals surface area (Å²) < 4.78 is 10.7. The maximum Gasteiger partial charge on any atom is 0.160 e. The highest BCUT2D eigenvalue weighted by molar-refractivity contribution is 5.85. The number of ether oxygens (including phenoxy) is 2. The molecule has 6 nitrogen and oxygen atoms in total. The van der Waals surface area contributed by atoms with Gasteiger partial charge in [-0.05, 0) is 112 Å². The van der Waals surface area contributed by atoms with Gasteiger partial charge in [-0.3, -0.25) is 0 Å². The number of nitrogens with one attached hydrogen (secondary N) is 1. The van der Waals surface area contributed by atoms with Crippen LogP contribution in [-0.4, -0.2) is 61.6 Å². The summed E-state index contributed by atoms with van der Waals surface area (Å²) in [4.78, 5) is 2.65. The molecule has 3 N–H and O–H groups in total. The van der Waals surface area contributed by atoms with E-state index in [1.807, 2.05) is 6.07 Å². The Morgan fingerprint density at radius 2 is 1.57 bits per heavy atom. The lowest BCUT2D eigenvalue weighted by atomic mass is 9.87. The Balaban J connectivity index is 0.00000342. The molecule has 8 heteroatoms. The van der Waals surface area contributed by atoms with Gasteiger partial charge in [0.25, 0.3) is 0 Å². The first kappa shape index (κ1) is 33.2. The van der Waals surface area contributed by atoms with Crippen LogP contribution in [0.5, 0.6) is 23.0 Å². The van der Waals surface area contributed by atoms with Crippen LogP contribution in [0.1, 0.15) is 62.1 Å². The normalized spacial score (nSPS) is 14.4. The molecular formula is C29H46Cl2N2O4. The Hall–Kier alpha value is -1.86. The molecular weight excluding hydrogens is 511 g/mol. The monoisotopic (exact) mass is 556 g/mol. The number of nitrogens with zero attached hydrogens (tertiary/aromatic N) is 1. The maximum absolute atomic E-state index is 9.90. The second-order valence-electron chi connectivity index (χ2n) is 9.65. The predicted molar refractivity (Wildman–Crippen MR) is 157 cm³/mol. The van der Waals surface area contributed by atoms with Crippen molar-refractivity contribution >= 4 is 24.8 Å². The zero-order chi connectivity index (χ0) is 25.0. The number of benzene rings is 2. The van der Waals surface area contributed by atoms with E-state index in [2.05, 4.69) is 29.3 Å². The average molecular weight is 558 g/mol. The summed E-state index contributed by atoms with van der Waals surface area (Å²) in [5.74, 6) is 1.57. The Kier molecular flexibility index (Phi) is 15.8. The lowest BCUT2D eigenvalue weighted by Gasteiger charge is -2.35. The van der Waals surface area contributed by atoms with E-state index in [1.165, 1.54) is 42.4 Å². The van der Waals surface area contributed by atoms with Crippen LogP contribution in [0.25, 0.3) is 0 Å². The molecule has 0 heterocycles. The van der Waals surface area contributed by atoms with Crippen molar-refractivity contribution in [3.63, 3.8) is 0 Å². The minimum absolute atomic E-state index is 0. The molecule has 0 spiro atoms. The minimum Gasteiger partial charge on any atom is -0.504 e. The van der Waals surface area contributed by atoms with Crippen molar-refractivity contribution in [1.29, 1.82) is 0 Å². The van der Waals surface area contributed by atoms with E-state index in [1.54, 1.807) is 26.4 Å². The van der Waals surface area contributed by atoms with Gasteiger partial charge in [0.05, 0.1) is 14.2 Å². The van der Waals surface area contributed by atoms with Crippen LogP contribution in [0.2, 0.25) is 0 Å². The molecule has 37 heavy (non-hydrogen) atoms. The molecule has 3 rings (SSSR count). The molecule has 0 amide bonds. The number of unbranched alkanes of at least 4 members (excludes halogenated alkanes) is 3. The summed E-state index contributed by atoms with van der Waals surface area (Å²) in [6.07, 6.45) is 10.2. The Labute approximate surface area is 235 Å². The molecule has 1 aliphatic carbocycles.